The number of nitriles is 2. The van der Waals surface area contributed by atoms with Gasteiger partial charge in [0.05, 0.1) is 5.69 Å². The molecule has 1 aliphatic heterocycles. The van der Waals surface area contributed by atoms with E-state index in [9.17, 15) is 5.26 Å². The predicted molar refractivity (Wildman–Crippen MR) is 116 cm³/mol. The number of guanidine groups is 1. The summed E-state index contributed by atoms with van der Waals surface area (Å²) >= 11 is 6.20. The van der Waals surface area contributed by atoms with Crippen LogP contribution in [0.2, 0.25) is 5.02 Å². The van der Waals surface area contributed by atoms with Crippen molar-refractivity contribution in [3.05, 3.63) is 70.2 Å². The highest BCUT2D eigenvalue weighted by atomic mass is 35.5. The summed E-state index contributed by atoms with van der Waals surface area (Å²) in [5, 5.41) is 24.6. The fourth-order valence-corrected chi connectivity index (χ4v) is 3.65. The molecule has 1 aromatic heterocycles. The number of nitrogen functional groups attached to an aromatic ring is 2. The van der Waals surface area contributed by atoms with Crippen LogP contribution in [-0.2, 0) is 0 Å². The summed E-state index contributed by atoms with van der Waals surface area (Å²) in [6.07, 6.45) is 1.84. The standard InChI is InChI=1S/C21H15ClN8/c22-12-5-3-4-11(8-12)13-6-1-2-7-14(13)18-16-17(25)15(9-23)19(26)29-20(16)30-21(28-18)27-10-24/h1-8,18H,(H6,25,26,27,28,29,30). The Hall–Kier alpha value is -4.27. The molecule has 0 spiro atoms. The number of rotatable bonds is 2. The maximum Gasteiger partial charge on any atom is 0.211 e. The highest BCUT2D eigenvalue weighted by molar-refractivity contribution is 6.30. The Kier molecular flexibility index (Phi) is 4.85. The monoisotopic (exact) mass is 414 g/mol. The van der Waals surface area contributed by atoms with Gasteiger partial charge in [-0.25, -0.2) is 9.98 Å². The van der Waals surface area contributed by atoms with Crippen LogP contribution < -0.4 is 22.1 Å². The highest BCUT2D eigenvalue weighted by Crippen LogP contribution is 2.43. The Labute approximate surface area is 177 Å². The second kappa shape index (κ2) is 7.63. The molecule has 0 aliphatic carbocycles. The first kappa shape index (κ1) is 19.1. The normalized spacial score (nSPS) is 14.5. The number of hydrogen-bond donors (Lipinski definition) is 4. The maximum absolute atomic E-state index is 9.48. The lowest BCUT2D eigenvalue weighted by molar-refractivity contribution is 0.848. The van der Waals surface area contributed by atoms with Crippen molar-refractivity contribution in [3.63, 3.8) is 0 Å². The van der Waals surface area contributed by atoms with Gasteiger partial charge in [-0.15, -0.1) is 0 Å². The van der Waals surface area contributed by atoms with Gasteiger partial charge in [0, 0.05) is 10.6 Å². The summed E-state index contributed by atoms with van der Waals surface area (Å²) in [5.74, 6) is 0.538. The molecule has 0 bridgehead atoms. The van der Waals surface area contributed by atoms with Crippen molar-refractivity contribution in [3.8, 4) is 23.4 Å². The van der Waals surface area contributed by atoms with Crippen molar-refractivity contribution in [2.45, 2.75) is 6.04 Å². The quantitative estimate of drug-likeness (QED) is 0.371. The number of nitrogens with one attached hydrogen (secondary N) is 2. The van der Waals surface area contributed by atoms with Crippen LogP contribution >= 0.6 is 11.6 Å². The van der Waals surface area contributed by atoms with Gasteiger partial charge in [-0.1, -0.05) is 48.0 Å². The molecule has 6 N–H and O–H groups in total. The molecule has 0 saturated carbocycles. The van der Waals surface area contributed by atoms with Crippen LogP contribution in [0, 0.1) is 22.8 Å². The Morgan fingerprint density at radius 3 is 2.63 bits per heavy atom. The Bertz CT molecular complexity index is 1270. The molecular formula is C21H15ClN8. The number of hydrogen-bond acceptors (Lipinski definition) is 8. The average molecular weight is 415 g/mol. The number of fused-ring (bicyclic) bond motifs is 1. The minimum atomic E-state index is -0.632. The number of aromatic nitrogens is 1. The first-order valence-corrected chi connectivity index (χ1v) is 9.25. The minimum Gasteiger partial charge on any atom is -0.397 e. The molecule has 2 aromatic carbocycles. The zero-order valence-electron chi connectivity index (χ0n) is 15.5. The molecule has 30 heavy (non-hydrogen) atoms. The van der Waals surface area contributed by atoms with E-state index in [2.05, 4.69) is 20.6 Å². The zero-order valence-corrected chi connectivity index (χ0v) is 16.3. The molecule has 8 nitrogen and oxygen atoms in total. The van der Waals surface area contributed by atoms with E-state index in [1.54, 1.807) is 6.07 Å². The number of nitrogens with zero attached hydrogens (tertiary/aromatic N) is 4. The largest absolute Gasteiger partial charge is 0.397 e. The highest BCUT2D eigenvalue weighted by Gasteiger charge is 2.31. The van der Waals surface area contributed by atoms with Gasteiger partial charge in [0.1, 0.15) is 29.3 Å². The van der Waals surface area contributed by atoms with Gasteiger partial charge < -0.3 is 16.8 Å². The molecule has 0 saturated heterocycles. The molecular weight excluding hydrogens is 400 g/mol. The number of aliphatic imine (C=N–C) groups is 1. The molecule has 0 radical (unpaired) electrons. The van der Waals surface area contributed by atoms with Crippen LogP contribution in [0.3, 0.4) is 0 Å². The molecule has 3 aromatic rings. The van der Waals surface area contributed by atoms with Gasteiger partial charge in [-0.05, 0) is 28.8 Å². The van der Waals surface area contributed by atoms with E-state index in [1.807, 2.05) is 54.7 Å². The lowest BCUT2D eigenvalue weighted by Crippen LogP contribution is -2.32. The van der Waals surface area contributed by atoms with Crippen molar-refractivity contribution in [1.82, 2.24) is 10.3 Å². The van der Waals surface area contributed by atoms with Crippen LogP contribution in [0.5, 0.6) is 0 Å². The molecule has 1 unspecified atom stereocenters. The molecule has 1 atom stereocenters. The maximum atomic E-state index is 9.48. The van der Waals surface area contributed by atoms with Crippen LogP contribution in [0.4, 0.5) is 17.3 Å². The first-order valence-electron chi connectivity index (χ1n) is 8.87. The SMILES string of the molecule is N#CNC1=NC(c2ccccc2-c2cccc(Cl)c2)c2c(nc(N)c(C#N)c2N)N1. The fraction of sp³-hybridized carbons (Fsp3) is 0.0476. The van der Waals surface area contributed by atoms with Gasteiger partial charge in [0.15, 0.2) is 6.19 Å². The van der Waals surface area contributed by atoms with E-state index in [0.717, 1.165) is 16.7 Å². The smallest absolute Gasteiger partial charge is 0.211 e. The lowest BCUT2D eigenvalue weighted by Gasteiger charge is -2.27. The Balaban J connectivity index is 1.98. The molecule has 1 aliphatic rings. The Morgan fingerprint density at radius 1 is 1.10 bits per heavy atom. The third-order valence-corrected chi connectivity index (χ3v) is 4.98. The second-order valence-corrected chi connectivity index (χ2v) is 6.94. The number of pyridine rings is 1. The van der Waals surface area contributed by atoms with Crippen LogP contribution in [0.1, 0.15) is 22.7 Å². The van der Waals surface area contributed by atoms with Crippen molar-refractivity contribution >= 4 is 34.9 Å². The van der Waals surface area contributed by atoms with Gasteiger partial charge in [0.2, 0.25) is 5.96 Å². The van der Waals surface area contributed by atoms with E-state index >= 15 is 0 Å². The van der Waals surface area contributed by atoms with Crippen molar-refractivity contribution in [1.29, 1.82) is 10.5 Å². The summed E-state index contributed by atoms with van der Waals surface area (Å²) in [5.41, 5.74) is 15.6. The van der Waals surface area contributed by atoms with Gasteiger partial charge in [-0.2, -0.15) is 10.5 Å². The molecule has 0 amide bonds. The van der Waals surface area contributed by atoms with Gasteiger partial charge in [-0.3, -0.25) is 5.32 Å². The summed E-state index contributed by atoms with van der Waals surface area (Å²) in [7, 11) is 0. The van der Waals surface area contributed by atoms with E-state index < -0.39 is 6.04 Å². The van der Waals surface area contributed by atoms with Gasteiger partial charge in [0.25, 0.3) is 0 Å². The predicted octanol–water partition coefficient (Wildman–Crippen LogP) is 3.38. The number of anilines is 3. The van der Waals surface area contributed by atoms with Crippen LogP contribution in [0.15, 0.2) is 53.5 Å². The van der Waals surface area contributed by atoms with E-state index in [1.165, 1.54) is 0 Å². The number of halogens is 1. The molecule has 4 rings (SSSR count). The second-order valence-electron chi connectivity index (χ2n) is 6.50. The van der Waals surface area contributed by atoms with Crippen molar-refractivity contribution < 1.29 is 0 Å². The number of nitrogens with two attached hydrogens (primary N) is 2. The van der Waals surface area contributed by atoms with Gasteiger partial charge >= 0.3 is 0 Å². The molecule has 9 heteroatoms. The number of benzene rings is 2. The minimum absolute atomic E-state index is 0.00124. The van der Waals surface area contributed by atoms with E-state index in [0.29, 0.717) is 16.4 Å². The third-order valence-electron chi connectivity index (χ3n) is 4.75. The molecule has 2 heterocycles. The molecule has 146 valence electrons. The van der Waals surface area contributed by atoms with Crippen molar-refractivity contribution in [2.24, 2.45) is 4.99 Å². The Morgan fingerprint density at radius 2 is 1.90 bits per heavy atom. The van der Waals surface area contributed by atoms with Crippen molar-refractivity contribution in [2.75, 3.05) is 16.8 Å². The molecule has 0 fully saturated rings. The summed E-state index contributed by atoms with van der Waals surface area (Å²) in [6, 6.07) is 16.5. The van der Waals surface area contributed by atoms with E-state index in [-0.39, 0.29) is 23.0 Å². The fourth-order valence-electron chi connectivity index (χ4n) is 3.46. The average Bonchev–Trinajstić information content (AvgIpc) is 2.73. The summed E-state index contributed by atoms with van der Waals surface area (Å²) in [6.45, 7) is 0. The summed E-state index contributed by atoms with van der Waals surface area (Å²) < 4.78 is 0. The van der Waals surface area contributed by atoms with Crippen LogP contribution in [0.25, 0.3) is 11.1 Å². The first-order chi connectivity index (χ1) is 14.5. The van der Waals surface area contributed by atoms with E-state index in [4.69, 9.17) is 28.3 Å². The lowest BCUT2D eigenvalue weighted by atomic mass is 9.89. The van der Waals surface area contributed by atoms with Crippen LogP contribution in [-0.4, -0.2) is 10.9 Å². The topological polar surface area (TPSA) is 149 Å². The zero-order chi connectivity index (χ0) is 21.3. The third kappa shape index (κ3) is 3.22. The summed E-state index contributed by atoms with van der Waals surface area (Å²) in [4.78, 5) is 8.91.